The van der Waals surface area contributed by atoms with Crippen LogP contribution in [0.3, 0.4) is 0 Å². The summed E-state index contributed by atoms with van der Waals surface area (Å²) >= 11 is 0. The van der Waals surface area contributed by atoms with E-state index in [2.05, 4.69) is 10.3 Å². The standard InChI is InChI=1S/C17H24N4O2/c1-3-10(2)15(18)17(23)21-14(16(19)22)8-11-9-20-13-7-5-4-6-12(11)13/h4-7,9-10,14-15,20H,3,8,18H2,1-2H3,(H2,19,22)(H,21,23). The zero-order valence-corrected chi connectivity index (χ0v) is 13.5. The number of aromatic amines is 1. The average Bonchev–Trinajstić information content (AvgIpc) is 2.95. The molecule has 0 radical (unpaired) electrons. The molecule has 6 heteroatoms. The predicted molar refractivity (Wildman–Crippen MR) is 90.6 cm³/mol. The van der Waals surface area contributed by atoms with E-state index < -0.39 is 18.0 Å². The van der Waals surface area contributed by atoms with Crippen molar-refractivity contribution in [3.05, 3.63) is 36.0 Å². The summed E-state index contributed by atoms with van der Waals surface area (Å²) < 4.78 is 0. The van der Waals surface area contributed by atoms with E-state index in [1.807, 2.05) is 44.3 Å². The summed E-state index contributed by atoms with van der Waals surface area (Å²) in [6, 6.07) is 6.35. The van der Waals surface area contributed by atoms with Crippen LogP contribution in [0.15, 0.2) is 30.5 Å². The van der Waals surface area contributed by atoms with Crippen LogP contribution in [0, 0.1) is 5.92 Å². The molecule has 2 rings (SSSR count). The van der Waals surface area contributed by atoms with E-state index in [0.717, 1.165) is 22.9 Å². The molecule has 3 atom stereocenters. The molecular weight excluding hydrogens is 292 g/mol. The molecule has 0 saturated carbocycles. The van der Waals surface area contributed by atoms with Crippen LogP contribution >= 0.6 is 0 Å². The highest BCUT2D eigenvalue weighted by atomic mass is 16.2. The molecule has 0 aliphatic rings. The Morgan fingerprint density at radius 3 is 2.65 bits per heavy atom. The lowest BCUT2D eigenvalue weighted by atomic mass is 9.98. The lowest BCUT2D eigenvalue weighted by molar-refractivity contribution is -0.128. The van der Waals surface area contributed by atoms with Gasteiger partial charge in [-0.25, -0.2) is 0 Å². The minimum absolute atomic E-state index is 0.0385. The number of amides is 2. The first-order chi connectivity index (χ1) is 10.9. The highest BCUT2D eigenvalue weighted by Gasteiger charge is 2.25. The van der Waals surface area contributed by atoms with E-state index in [1.54, 1.807) is 0 Å². The number of carbonyl (C=O) groups excluding carboxylic acids is 2. The molecule has 0 spiro atoms. The third-order valence-corrected chi connectivity index (χ3v) is 4.32. The van der Waals surface area contributed by atoms with Crippen LogP contribution in [0.4, 0.5) is 0 Å². The minimum atomic E-state index is -0.781. The molecule has 1 heterocycles. The first kappa shape index (κ1) is 17.0. The third kappa shape index (κ3) is 3.90. The van der Waals surface area contributed by atoms with Gasteiger partial charge >= 0.3 is 0 Å². The number of nitrogens with two attached hydrogens (primary N) is 2. The molecule has 0 aliphatic heterocycles. The number of hydrogen-bond acceptors (Lipinski definition) is 3. The fraction of sp³-hybridized carbons (Fsp3) is 0.412. The van der Waals surface area contributed by atoms with Crippen molar-refractivity contribution in [2.75, 3.05) is 0 Å². The zero-order chi connectivity index (χ0) is 17.0. The monoisotopic (exact) mass is 316 g/mol. The maximum absolute atomic E-state index is 12.2. The SMILES string of the molecule is CCC(C)C(N)C(=O)NC(Cc1c[nH]c2ccccc12)C(N)=O. The second-order valence-electron chi connectivity index (χ2n) is 5.94. The summed E-state index contributed by atoms with van der Waals surface area (Å²) in [4.78, 5) is 27.1. The van der Waals surface area contributed by atoms with Gasteiger partial charge in [0.05, 0.1) is 6.04 Å². The third-order valence-electron chi connectivity index (χ3n) is 4.32. The number of hydrogen-bond donors (Lipinski definition) is 4. The van der Waals surface area contributed by atoms with E-state index in [1.165, 1.54) is 0 Å². The van der Waals surface area contributed by atoms with Crippen LogP contribution in [0.1, 0.15) is 25.8 Å². The number of fused-ring (bicyclic) bond motifs is 1. The molecule has 23 heavy (non-hydrogen) atoms. The van der Waals surface area contributed by atoms with Crippen LogP contribution in [0.2, 0.25) is 0 Å². The summed E-state index contributed by atoms with van der Waals surface area (Å²) in [6.45, 7) is 3.87. The van der Waals surface area contributed by atoms with Crippen molar-refractivity contribution in [3.8, 4) is 0 Å². The molecule has 6 N–H and O–H groups in total. The van der Waals surface area contributed by atoms with Crippen LogP contribution in [0.25, 0.3) is 10.9 Å². The largest absolute Gasteiger partial charge is 0.368 e. The van der Waals surface area contributed by atoms with Crippen molar-refractivity contribution in [1.82, 2.24) is 10.3 Å². The van der Waals surface area contributed by atoms with E-state index in [4.69, 9.17) is 11.5 Å². The predicted octanol–water partition coefficient (Wildman–Crippen LogP) is 1.05. The van der Waals surface area contributed by atoms with Crippen molar-refractivity contribution >= 4 is 22.7 Å². The van der Waals surface area contributed by atoms with Crippen molar-refractivity contribution in [3.63, 3.8) is 0 Å². The van der Waals surface area contributed by atoms with Gasteiger partial charge in [-0.15, -0.1) is 0 Å². The molecule has 0 bridgehead atoms. The summed E-state index contributed by atoms with van der Waals surface area (Å²) in [5.41, 5.74) is 13.3. The van der Waals surface area contributed by atoms with Crippen LogP contribution < -0.4 is 16.8 Å². The van der Waals surface area contributed by atoms with Gasteiger partial charge in [0.15, 0.2) is 0 Å². The smallest absolute Gasteiger partial charge is 0.240 e. The maximum Gasteiger partial charge on any atom is 0.240 e. The summed E-state index contributed by atoms with van der Waals surface area (Å²) in [5, 5.41) is 3.70. The second-order valence-corrected chi connectivity index (χ2v) is 5.94. The number of para-hydroxylation sites is 1. The van der Waals surface area contributed by atoms with Gasteiger partial charge in [0.25, 0.3) is 0 Å². The Balaban J connectivity index is 2.13. The summed E-state index contributed by atoms with van der Waals surface area (Å²) in [5.74, 6) is -0.875. The Morgan fingerprint density at radius 2 is 2.00 bits per heavy atom. The maximum atomic E-state index is 12.2. The van der Waals surface area contributed by atoms with Crippen molar-refractivity contribution < 1.29 is 9.59 Å². The molecule has 3 unspecified atom stereocenters. The Kier molecular flexibility index (Phi) is 5.39. The molecule has 0 saturated heterocycles. The van der Waals surface area contributed by atoms with Gasteiger partial charge in [-0.1, -0.05) is 38.5 Å². The van der Waals surface area contributed by atoms with Gasteiger partial charge in [-0.2, -0.15) is 0 Å². The van der Waals surface area contributed by atoms with E-state index in [9.17, 15) is 9.59 Å². The average molecular weight is 316 g/mol. The lowest BCUT2D eigenvalue weighted by Gasteiger charge is -2.21. The Morgan fingerprint density at radius 1 is 1.30 bits per heavy atom. The Labute approximate surface area is 135 Å². The fourth-order valence-corrected chi connectivity index (χ4v) is 2.52. The molecule has 1 aromatic carbocycles. The first-order valence-electron chi connectivity index (χ1n) is 7.84. The summed E-state index contributed by atoms with van der Waals surface area (Å²) in [6.07, 6.45) is 2.96. The van der Waals surface area contributed by atoms with Crippen molar-refractivity contribution in [1.29, 1.82) is 0 Å². The molecular formula is C17H24N4O2. The highest BCUT2D eigenvalue weighted by Crippen LogP contribution is 2.19. The number of primary amides is 1. The van der Waals surface area contributed by atoms with Gasteiger partial charge < -0.3 is 21.8 Å². The van der Waals surface area contributed by atoms with E-state index in [0.29, 0.717) is 6.42 Å². The number of rotatable bonds is 7. The van der Waals surface area contributed by atoms with Gasteiger partial charge in [0.2, 0.25) is 11.8 Å². The summed E-state index contributed by atoms with van der Waals surface area (Å²) in [7, 11) is 0. The molecule has 6 nitrogen and oxygen atoms in total. The second kappa shape index (κ2) is 7.28. The number of H-pyrrole nitrogens is 1. The molecule has 124 valence electrons. The molecule has 0 fully saturated rings. The van der Waals surface area contributed by atoms with Gasteiger partial charge in [-0.3, -0.25) is 9.59 Å². The minimum Gasteiger partial charge on any atom is -0.368 e. The van der Waals surface area contributed by atoms with Gasteiger partial charge in [0, 0.05) is 23.5 Å². The first-order valence-corrected chi connectivity index (χ1v) is 7.84. The number of aromatic nitrogens is 1. The Hall–Kier alpha value is -2.34. The molecule has 0 aliphatic carbocycles. The number of carbonyl (C=O) groups is 2. The van der Waals surface area contributed by atoms with Crippen LogP contribution in [-0.2, 0) is 16.0 Å². The molecule has 1 aromatic heterocycles. The van der Waals surface area contributed by atoms with Crippen LogP contribution in [0.5, 0.6) is 0 Å². The molecule has 2 aromatic rings. The van der Waals surface area contributed by atoms with Crippen molar-refractivity contribution in [2.24, 2.45) is 17.4 Å². The van der Waals surface area contributed by atoms with E-state index in [-0.39, 0.29) is 11.8 Å². The van der Waals surface area contributed by atoms with Crippen molar-refractivity contribution in [2.45, 2.75) is 38.8 Å². The number of benzene rings is 1. The van der Waals surface area contributed by atoms with E-state index >= 15 is 0 Å². The molecule has 2 amide bonds. The van der Waals surface area contributed by atoms with Gasteiger partial charge in [0.1, 0.15) is 6.04 Å². The number of nitrogens with one attached hydrogen (secondary N) is 2. The fourth-order valence-electron chi connectivity index (χ4n) is 2.52. The van der Waals surface area contributed by atoms with Crippen LogP contribution in [-0.4, -0.2) is 28.9 Å². The quantitative estimate of drug-likeness (QED) is 0.612. The highest BCUT2D eigenvalue weighted by molar-refractivity contribution is 5.90. The Bertz CT molecular complexity index is 695. The zero-order valence-electron chi connectivity index (χ0n) is 13.5. The van der Waals surface area contributed by atoms with Gasteiger partial charge in [-0.05, 0) is 17.5 Å². The lowest BCUT2D eigenvalue weighted by Crippen LogP contribution is -2.53. The topological polar surface area (TPSA) is 114 Å². The normalized spacial score (nSPS) is 15.1.